The van der Waals surface area contributed by atoms with Crippen LogP contribution in [0.15, 0.2) is 46.9 Å². The van der Waals surface area contributed by atoms with Crippen LogP contribution in [0.25, 0.3) is 5.52 Å². The van der Waals surface area contributed by atoms with Crippen LogP contribution in [0, 0.1) is 23.1 Å². The van der Waals surface area contributed by atoms with E-state index in [9.17, 15) is 13.9 Å². The van der Waals surface area contributed by atoms with Crippen molar-refractivity contribution < 1.29 is 23.1 Å². The summed E-state index contributed by atoms with van der Waals surface area (Å²) in [6.45, 7) is 4.56. The molecule has 1 aliphatic heterocycles. The minimum Gasteiger partial charge on any atom is -0.475 e. The van der Waals surface area contributed by atoms with E-state index in [2.05, 4.69) is 21.4 Å². The number of rotatable bonds is 7. The van der Waals surface area contributed by atoms with Crippen molar-refractivity contribution in [2.45, 2.75) is 38.3 Å². The van der Waals surface area contributed by atoms with Crippen LogP contribution < -0.4 is 15.1 Å². The maximum atomic E-state index is 14.6. The van der Waals surface area contributed by atoms with Gasteiger partial charge >= 0.3 is 5.52 Å². The van der Waals surface area contributed by atoms with E-state index >= 15 is 0 Å². The van der Waals surface area contributed by atoms with Gasteiger partial charge in [-0.25, -0.2) is 4.39 Å². The van der Waals surface area contributed by atoms with Crippen molar-refractivity contribution in [3.05, 3.63) is 59.7 Å². The predicted octanol–water partition coefficient (Wildman–Crippen LogP) is 2.00. The lowest BCUT2D eigenvalue weighted by atomic mass is 9.90. The Morgan fingerprint density at radius 2 is 2.17 bits per heavy atom. The van der Waals surface area contributed by atoms with E-state index in [0.29, 0.717) is 42.9 Å². The number of nitrogens with one attached hydrogen (secondary N) is 1. The van der Waals surface area contributed by atoms with Crippen LogP contribution in [0.2, 0.25) is 0 Å². The third-order valence-corrected chi connectivity index (χ3v) is 6.27. The smallest absolute Gasteiger partial charge is 0.314 e. The Kier molecular flexibility index (Phi) is 7.12. The second-order valence-electron chi connectivity index (χ2n) is 8.88. The van der Waals surface area contributed by atoms with Gasteiger partial charge in [0.05, 0.1) is 35.3 Å². The number of aliphatic imine (C=N–C) groups is 1. The van der Waals surface area contributed by atoms with Crippen molar-refractivity contribution in [1.82, 2.24) is 15.0 Å². The lowest BCUT2D eigenvalue weighted by molar-refractivity contribution is -0.577. The molecule has 0 aromatic carbocycles. The quantitative estimate of drug-likeness (QED) is 0.150. The molecule has 1 unspecified atom stereocenters. The van der Waals surface area contributed by atoms with Gasteiger partial charge in [0.1, 0.15) is 17.7 Å². The van der Waals surface area contributed by atoms with Gasteiger partial charge in [-0.3, -0.25) is 9.98 Å². The van der Waals surface area contributed by atoms with Gasteiger partial charge in [-0.05, 0) is 38.8 Å². The summed E-state index contributed by atoms with van der Waals surface area (Å²) in [4.78, 5) is 10.5. The van der Waals surface area contributed by atoms with Gasteiger partial charge in [-0.1, -0.05) is 4.52 Å². The number of hydrogen-bond acceptors (Lipinski definition) is 8. The first kappa shape index (κ1) is 25.0. The fourth-order valence-electron chi connectivity index (χ4n) is 4.27. The van der Waals surface area contributed by atoms with Crippen LogP contribution in [0.3, 0.4) is 0 Å². The number of nitrogens with zero attached hydrogens (tertiary/aromatic N) is 6. The van der Waals surface area contributed by atoms with Crippen LogP contribution in [-0.4, -0.2) is 56.7 Å². The number of H-pyrrole nitrogens is 1. The number of piperidine rings is 1. The van der Waals surface area contributed by atoms with E-state index in [1.165, 1.54) is 22.8 Å². The number of fused-ring (bicyclic) bond motifs is 1. The number of aromatic amines is 1. The molecule has 0 bridgehead atoms. The van der Waals surface area contributed by atoms with E-state index in [4.69, 9.17) is 20.8 Å². The maximum Gasteiger partial charge on any atom is 0.314 e. The molecule has 0 saturated carbocycles. The third-order valence-electron chi connectivity index (χ3n) is 6.27. The molecule has 4 heterocycles. The molecule has 3 aromatic rings. The zero-order chi connectivity index (χ0) is 25.9. The van der Waals surface area contributed by atoms with Gasteiger partial charge < -0.3 is 20.6 Å². The van der Waals surface area contributed by atoms with E-state index in [1.54, 1.807) is 24.1 Å². The summed E-state index contributed by atoms with van der Waals surface area (Å²) in [6.07, 6.45) is 6.38. The van der Waals surface area contributed by atoms with Crippen LogP contribution in [0.4, 0.5) is 8.78 Å². The molecule has 0 radical (unpaired) electrons. The number of hydrogen-bond donors (Lipinski definition) is 3. The Labute approximate surface area is 206 Å². The number of aromatic nitrogens is 3. The zero-order valence-corrected chi connectivity index (χ0v) is 19.9. The molecule has 0 aliphatic carbocycles. The number of halogens is 2. The normalized spacial score (nSPS) is 17.2. The van der Waals surface area contributed by atoms with Crippen molar-refractivity contribution in [2.75, 3.05) is 19.7 Å². The monoisotopic (exact) mass is 497 g/mol. The number of aliphatic hydroxyl groups is 1. The second-order valence-corrected chi connectivity index (χ2v) is 8.88. The van der Waals surface area contributed by atoms with Gasteiger partial charge in [0.15, 0.2) is 18.0 Å². The summed E-state index contributed by atoms with van der Waals surface area (Å²) in [7, 11) is 0. The number of ether oxygens (including phenoxy) is 1. The van der Waals surface area contributed by atoms with E-state index in [0.717, 1.165) is 6.20 Å². The molecule has 0 amide bonds. The average molecular weight is 498 g/mol. The van der Waals surface area contributed by atoms with Crippen LogP contribution in [-0.2, 0) is 0 Å². The SMILES string of the molecule is CC(=NC1(C)CCN(C#N)CC1)/C(=N\N)c1cc(OC(CO)c2ccc(F)cn2)c2c(F)c[nH][n+]2c1. The van der Waals surface area contributed by atoms with Gasteiger partial charge in [-0.15, -0.1) is 0 Å². The Bertz CT molecular complexity index is 1340. The van der Waals surface area contributed by atoms with Crippen molar-refractivity contribution in [1.29, 1.82) is 5.26 Å². The summed E-state index contributed by atoms with van der Waals surface area (Å²) in [5.41, 5.74) is 1.42. The summed E-state index contributed by atoms with van der Waals surface area (Å²) >= 11 is 0. The van der Waals surface area contributed by atoms with Crippen LogP contribution >= 0.6 is 0 Å². The minimum atomic E-state index is -0.976. The molecule has 4 rings (SSSR count). The standard InChI is InChI=1S/C24H26F2N8O2/c1-15(31-24(2)5-7-33(14-27)8-6-24)22(32-28)16-9-20(23-18(26)11-30-34(23)12-16)36-21(13-35)19-4-3-17(25)10-29-19/h3-4,9-12,21,35H,5-8,13H2,1-2H3,(H2,28,31)/p+1. The first-order valence-electron chi connectivity index (χ1n) is 11.4. The van der Waals surface area contributed by atoms with Crippen molar-refractivity contribution in [2.24, 2.45) is 15.9 Å². The Morgan fingerprint density at radius 1 is 1.42 bits per heavy atom. The highest BCUT2D eigenvalue weighted by molar-refractivity contribution is 6.47. The Hall–Kier alpha value is -4.11. The zero-order valence-electron chi connectivity index (χ0n) is 19.9. The first-order valence-corrected chi connectivity index (χ1v) is 11.4. The molecular formula is C24H27F2N8O2+. The summed E-state index contributed by atoms with van der Waals surface area (Å²) in [5.74, 6) is 4.76. The molecule has 36 heavy (non-hydrogen) atoms. The van der Waals surface area contributed by atoms with Crippen LogP contribution in [0.1, 0.15) is 44.1 Å². The minimum absolute atomic E-state index is 0.0962. The molecule has 1 atom stereocenters. The predicted molar refractivity (Wildman–Crippen MR) is 127 cm³/mol. The molecule has 12 heteroatoms. The highest BCUT2D eigenvalue weighted by atomic mass is 19.1. The molecule has 0 spiro atoms. The number of nitrogens with two attached hydrogens (primary N) is 1. The molecule has 3 aromatic heterocycles. The molecule has 1 aliphatic rings. The van der Waals surface area contributed by atoms with E-state index in [-0.39, 0.29) is 17.0 Å². The highest BCUT2D eigenvalue weighted by Crippen LogP contribution is 2.28. The fourth-order valence-corrected chi connectivity index (χ4v) is 4.27. The van der Waals surface area contributed by atoms with Crippen molar-refractivity contribution in [3.8, 4) is 11.9 Å². The van der Waals surface area contributed by atoms with E-state index < -0.39 is 29.9 Å². The van der Waals surface area contributed by atoms with Crippen molar-refractivity contribution in [3.63, 3.8) is 0 Å². The lowest BCUT2D eigenvalue weighted by Gasteiger charge is -2.34. The van der Waals surface area contributed by atoms with Crippen molar-refractivity contribution >= 4 is 16.9 Å². The lowest BCUT2D eigenvalue weighted by Crippen LogP contribution is -2.40. The fraction of sp³-hybridized carbons (Fsp3) is 0.375. The Morgan fingerprint density at radius 3 is 2.78 bits per heavy atom. The van der Waals surface area contributed by atoms with E-state index in [1.807, 2.05) is 6.92 Å². The maximum absolute atomic E-state index is 14.6. The largest absolute Gasteiger partial charge is 0.475 e. The van der Waals surface area contributed by atoms with Gasteiger partial charge in [-0.2, -0.15) is 19.9 Å². The van der Waals surface area contributed by atoms with Gasteiger partial charge in [0, 0.05) is 19.2 Å². The molecule has 1 saturated heterocycles. The topological polar surface area (TPSA) is 140 Å². The number of hydrazone groups is 1. The Balaban J connectivity index is 1.70. The van der Waals surface area contributed by atoms with Crippen LogP contribution in [0.5, 0.6) is 5.75 Å². The third kappa shape index (κ3) is 5.11. The number of aliphatic hydroxyl groups excluding tert-OH is 1. The summed E-state index contributed by atoms with van der Waals surface area (Å²) in [6, 6.07) is 4.15. The van der Waals surface area contributed by atoms with Gasteiger partial charge in [0.25, 0.3) is 0 Å². The molecular weight excluding hydrogens is 470 g/mol. The number of pyridine rings is 2. The van der Waals surface area contributed by atoms with Gasteiger partial charge in [0.2, 0.25) is 12.0 Å². The molecule has 10 nitrogen and oxygen atoms in total. The first-order chi connectivity index (χ1) is 17.3. The number of likely N-dealkylation sites (tertiary alicyclic amines) is 1. The molecule has 4 N–H and O–H groups in total. The molecule has 1 fully saturated rings. The average Bonchev–Trinajstić information content (AvgIpc) is 3.24. The summed E-state index contributed by atoms with van der Waals surface area (Å²) in [5, 5.41) is 25.8. The highest BCUT2D eigenvalue weighted by Gasteiger charge is 2.31. The molecule has 188 valence electrons. The second kappa shape index (κ2) is 10.2. The summed E-state index contributed by atoms with van der Waals surface area (Å²) < 4.78 is 35.3. The number of nitriles is 1.